The molecular weight excluding hydrogens is 436 g/mol. The molecule has 3 heterocycles. The molecular formula is C25H30N4O5. The Labute approximate surface area is 197 Å². The molecule has 0 bridgehead atoms. The minimum Gasteiger partial charge on any atom is -0.463 e. The third kappa shape index (κ3) is 4.33. The molecule has 2 aliphatic rings. The van der Waals surface area contributed by atoms with Gasteiger partial charge in [0.2, 0.25) is 0 Å². The van der Waals surface area contributed by atoms with Crippen molar-refractivity contribution in [2.75, 3.05) is 18.5 Å². The molecule has 3 unspecified atom stereocenters. The average molecular weight is 467 g/mol. The molecule has 180 valence electrons. The Morgan fingerprint density at radius 3 is 2.94 bits per heavy atom. The number of carbonyl (C=O) groups excluding carboxylic acids is 1. The maximum atomic E-state index is 12.7. The first-order valence-corrected chi connectivity index (χ1v) is 11.9. The zero-order chi connectivity index (χ0) is 23.8. The highest BCUT2D eigenvalue weighted by Crippen LogP contribution is 2.35. The first kappa shape index (κ1) is 22.6. The minimum absolute atomic E-state index is 0.107. The van der Waals surface area contributed by atoms with Gasteiger partial charge in [-0.2, -0.15) is 5.10 Å². The summed E-state index contributed by atoms with van der Waals surface area (Å²) in [6.07, 6.45) is 3.39. The van der Waals surface area contributed by atoms with Crippen LogP contribution in [0.2, 0.25) is 0 Å². The molecule has 9 nitrogen and oxygen atoms in total. The van der Waals surface area contributed by atoms with Crippen LogP contribution in [0.1, 0.15) is 56.4 Å². The number of carbonyl (C=O) groups is 1. The van der Waals surface area contributed by atoms with Gasteiger partial charge in [0.1, 0.15) is 5.39 Å². The molecule has 0 amide bonds. The predicted molar refractivity (Wildman–Crippen MR) is 127 cm³/mol. The number of esters is 1. The van der Waals surface area contributed by atoms with Crippen molar-refractivity contribution in [2.45, 2.75) is 57.8 Å². The van der Waals surface area contributed by atoms with Crippen molar-refractivity contribution in [3.63, 3.8) is 0 Å². The minimum atomic E-state index is -0.570. The molecule has 0 saturated carbocycles. The second-order valence-corrected chi connectivity index (χ2v) is 9.53. The van der Waals surface area contributed by atoms with E-state index < -0.39 is 12.2 Å². The molecule has 3 aromatic rings. The number of anilines is 2. The van der Waals surface area contributed by atoms with Gasteiger partial charge in [-0.05, 0) is 60.9 Å². The van der Waals surface area contributed by atoms with E-state index in [0.717, 1.165) is 29.7 Å². The van der Waals surface area contributed by atoms with E-state index in [4.69, 9.17) is 14.6 Å². The van der Waals surface area contributed by atoms with Crippen molar-refractivity contribution >= 4 is 28.4 Å². The highest BCUT2D eigenvalue weighted by molar-refractivity contribution is 5.91. The lowest BCUT2D eigenvalue weighted by atomic mass is 10.0. The summed E-state index contributed by atoms with van der Waals surface area (Å²) in [6, 6.07) is 7.55. The fraction of sp³-hybridized carbons (Fsp3) is 0.480. The van der Waals surface area contributed by atoms with E-state index in [2.05, 4.69) is 10.3 Å². The Morgan fingerprint density at radius 2 is 2.18 bits per heavy atom. The van der Waals surface area contributed by atoms with E-state index in [0.29, 0.717) is 42.8 Å². The summed E-state index contributed by atoms with van der Waals surface area (Å²) < 4.78 is 13.0. The fourth-order valence-electron chi connectivity index (χ4n) is 4.73. The molecule has 1 aliphatic heterocycles. The molecule has 2 aromatic heterocycles. The van der Waals surface area contributed by atoms with Crippen LogP contribution in [0.15, 0.2) is 35.3 Å². The van der Waals surface area contributed by atoms with Gasteiger partial charge in [0, 0.05) is 11.9 Å². The third-order valence-corrected chi connectivity index (χ3v) is 6.50. The van der Waals surface area contributed by atoms with Crippen molar-refractivity contribution in [1.82, 2.24) is 14.8 Å². The van der Waals surface area contributed by atoms with Crippen molar-refractivity contribution in [3.05, 3.63) is 51.9 Å². The molecule has 3 atom stereocenters. The zero-order valence-corrected chi connectivity index (χ0v) is 19.4. The molecule has 1 aromatic carbocycles. The van der Waals surface area contributed by atoms with Crippen LogP contribution in [-0.4, -0.2) is 45.2 Å². The van der Waals surface area contributed by atoms with Crippen LogP contribution in [0.5, 0.6) is 0 Å². The standard InChI is InChI=1S/C25H30N4O5/c1-14(2)12-34-25(32)21-8-5-17(13-33-21)29-19-9-10-26-24(31)22(19)23(28-29)27-16-4-6-18-15(11-16)3-7-20(18)30/h4,6,9-11,14,17,20-21,30H,3,5,7-8,12-13H2,1-2H3,(H,26,31)(H,27,28). The fourth-order valence-corrected chi connectivity index (χ4v) is 4.73. The summed E-state index contributed by atoms with van der Waals surface area (Å²) >= 11 is 0. The number of benzene rings is 1. The van der Waals surface area contributed by atoms with Crippen LogP contribution in [0, 0.1) is 5.92 Å². The number of H-pyrrole nitrogens is 1. The predicted octanol–water partition coefficient (Wildman–Crippen LogP) is 3.37. The summed E-state index contributed by atoms with van der Waals surface area (Å²) in [6.45, 7) is 4.67. The smallest absolute Gasteiger partial charge is 0.335 e. The highest BCUT2D eigenvalue weighted by atomic mass is 16.6. The Bertz CT molecular complexity index is 1260. The Kier molecular flexibility index (Phi) is 6.14. The number of aryl methyl sites for hydroxylation is 1. The van der Waals surface area contributed by atoms with Crippen molar-refractivity contribution in [2.24, 2.45) is 5.92 Å². The summed E-state index contributed by atoms with van der Waals surface area (Å²) in [5, 5.41) is 18.6. The molecule has 0 spiro atoms. The number of nitrogens with zero attached hydrogens (tertiary/aromatic N) is 2. The summed E-state index contributed by atoms with van der Waals surface area (Å²) in [5.74, 6) is 0.419. The number of nitrogens with one attached hydrogen (secondary N) is 2. The Balaban J connectivity index is 1.37. The molecule has 5 rings (SSSR count). The van der Waals surface area contributed by atoms with Crippen LogP contribution >= 0.6 is 0 Å². The first-order chi connectivity index (χ1) is 16.4. The number of hydrogen-bond acceptors (Lipinski definition) is 7. The van der Waals surface area contributed by atoms with E-state index in [9.17, 15) is 14.7 Å². The number of hydrogen-bond donors (Lipinski definition) is 3. The average Bonchev–Trinajstić information content (AvgIpc) is 3.39. The van der Waals surface area contributed by atoms with Gasteiger partial charge in [0.05, 0.1) is 30.9 Å². The number of aromatic nitrogens is 3. The maximum Gasteiger partial charge on any atom is 0.335 e. The normalized spacial score (nSPS) is 22.2. The molecule has 1 fully saturated rings. The van der Waals surface area contributed by atoms with Gasteiger partial charge < -0.3 is 24.9 Å². The van der Waals surface area contributed by atoms with Gasteiger partial charge in [-0.3, -0.25) is 9.48 Å². The summed E-state index contributed by atoms with van der Waals surface area (Å²) in [5.41, 5.74) is 3.35. The van der Waals surface area contributed by atoms with E-state index in [-0.39, 0.29) is 23.5 Å². The van der Waals surface area contributed by atoms with Crippen molar-refractivity contribution in [3.8, 4) is 0 Å². The lowest BCUT2D eigenvalue weighted by molar-refractivity contribution is -0.162. The lowest BCUT2D eigenvalue weighted by Gasteiger charge is -2.28. The molecule has 0 radical (unpaired) electrons. The number of aliphatic hydroxyl groups excluding tert-OH is 1. The lowest BCUT2D eigenvalue weighted by Crippen LogP contribution is -2.35. The Hall–Kier alpha value is -3.17. The number of rotatable bonds is 6. The van der Waals surface area contributed by atoms with Gasteiger partial charge >= 0.3 is 5.97 Å². The number of fused-ring (bicyclic) bond motifs is 2. The second-order valence-electron chi connectivity index (χ2n) is 9.53. The summed E-state index contributed by atoms with van der Waals surface area (Å²) in [4.78, 5) is 27.7. The SMILES string of the molecule is CC(C)COC(=O)C1CCC(n2nc(Nc3ccc4c(c3)CCC4O)c3c(=O)[nH]ccc32)CO1. The monoisotopic (exact) mass is 466 g/mol. The van der Waals surface area contributed by atoms with Crippen LogP contribution in [0.3, 0.4) is 0 Å². The Morgan fingerprint density at radius 1 is 1.32 bits per heavy atom. The van der Waals surface area contributed by atoms with E-state index >= 15 is 0 Å². The third-order valence-electron chi connectivity index (χ3n) is 6.50. The highest BCUT2D eigenvalue weighted by Gasteiger charge is 2.31. The molecule has 9 heteroatoms. The van der Waals surface area contributed by atoms with E-state index in [1.165, 1.54) is 0 Å². The van der Waals surface area contributed by atoms with E-state index in [1.54, 1.807) is 6.20 Å². The molecule has 1 aliphatic carbocycles. The van der Waals surface area contributed by atoms with Gasteiger partial charge in [-0.1, -0.05) is 19.9 Å². The molecule has 3 N–H and O–H groups in total. The van der Waals surface area contributed by atoms with Gasteiger partial charge in [0.15, 0.2) is 11.9 Å². The number of aliphatic hydroxyl groups is 1. The largest absolute Gasteiger partial charge is 0.463 e. The number of ether oxygens (including phenoxy) is 2. The van der Waals surface area contributed by atoms with Gasteiger partial charge in [-0.25, -0.2) is 4.79 Å². The second kappa shape index (κ2) is 9.23. The topological polar surface area (TPSA) is 118 Å². The molecule has 1 saturated heterocycles. The van der Waals surface area contributed by atoms with Crippen molar-refractivity contribution in [1.29, 1.82) is 0 Å². The van der Waals surface area contributed by atoms with Crippen LogP contribution in [-0.2, 0) is 20.7 Å². The first-order valence-electron chi connectivity index (χ1n) is 11.9. The van der Waals surface area contributed by atoms with E-state index in [1.807, 2.05) is 42.8 Å². The molecule has 34 heavy (non-hydrogen) atoms. The number of aromatic amines is 1. The van der Waals surface area contributed by atoms with Gasteiger partial charge in [0.25, 0.3) is 5.56 Å². The zero-order valence-electron chi connectivity index (χ0n) is 19.4. The number of pyridine rings is 1. The van der Waals surface area contributed by atoms with Crippen LogP contribution in [0.4, 0.5) is 11.5 Å². The van der Waals surface area contributed by atoms with Gasteiger partial charge in [-0.15, -0.1) is 0 Å². The van der Waals surface area contributed by atoms with Crippen LogP contribution < -0.4 is 10.9 Å². The van der Waals surface area contributed by atoms with Crippen LogP contribution in [0.25, 0.3) is 10.9 Å². The quantitative estimate of drug-likeness (QED) is 0.477. The summed E-state index contributed by atoms with van der Waals surface area (Å²) in [7, 11) is 0. The van der Waals surface area contributed by atoms with Crippen molar-refractivity contribution < 1.29 is 19.4 Å². The maximum absolute atomic E-state index is 12.7.